The molecule has 0 radical (unpaired) electrons. The van der Waals surface area contributed by atoms with Gasteiger partial charge in [0.2, 0.25) is 0 Å². The van der Waals surface area contributed by atoms with Gasteiger partial charge in [0.1, 0.15) is 47.0 Å². The number of nitrogen functional groups attached to an aromatic ring is 1. The molecule has 6 atom stereocenters. The summed E-state index contributed by atoms with van der Waals surface area (Å²) < 4.78 is 38.7. The summed E-state index contributed by atoms with van der Waals surface area (Å²) in [6.45, 7) is 10.5. The number of benzene rings is 1. The number of anilines is 1. The molecule has 1 aromatic carbocycles. The third kappa shape index (κ3) is 7.03. The highest BCUT2D eigenvalue weighted by molar-refractivity contribution is 7.52. The van der Waals surface area contributed by atoms with Crippen molar-refractivity contribution >= 4 is 25.1 Å². The highest BCUT2D eigenvalue weighted by Gasteiger charge is 2.60. The van der Waals surface area contributed by atoms with Crippen LogP contribution in [0.3, 0.4) is 0 Å². The Morgan fingerprint density at radius 3 is 2.63 bits per heavy atom. The quantitative estimate of drug-likeness (QED) is 0.162. The minimum Gasteiger partial charge on any atom is -0.465 e. The molecule has 0 amide bonds. The lowest BCUT2D eigenvalue weighted by atomic mass is 9.85. The molecule has 1 fully saturated rings. The third-order valence-electron chi connectivity index (χ3n) is 8.15. The minimum absolute atomic E-state index is 0.00970. The largest absolute Gasteiger partial charge is 0.465 e. The number of nitrogens with one attached hydrogen (secondary N) is 1. The highest BCUT2D eigenvalue weighted by Crippen LogP contribution is 2.49. The van der Waals surface area contributed by atoms with Crippen molar-refractivity contribution < 1.29 is 38.1 Å². The Hall–Kier alpha value is -3.06. The molecule has 0 aliphatic carbocycles. The lowest BCUT2D eigenvalue weighted by Gasteiger charge is -2.30. The summed E-state index contributed by atoms with van der Waals surface area (Å²) in [5.41, 5.74) is 3.57. The Balaban J connectivity index is 1.52. The number of para-hydroxylation sites is 1. The number of carbonyl (C=O) groups excluding carboxylic acids is 1. The number of nitrogens with zero attached hydrogens (tertiary/aromatic N) is 3. The van der Waals surface area contributed by atoms with E-state index in [-0.39, 0.29) is 23.6 Å². The van der Waals surface area contributed by atoms with Crippen LogP contribution in [-0.2, 0) is 29.0 Å². The number of hydrogen-bond donors (Lipinski definition) is 4. The van der Waals surface area contributed by atoms with Gasteiger partial charge in [-0.1, -0.05) is 45.4 Å². The Morgan fingerprint density at radius 1 is 1.26 bits per heavy atom. The molecule has 0 bridgehead atoms. The number of hydrogen-bond acceptors (Lipinski definition) is 11. The second-order valence-corrected chi connectivity index (χ2v) is 13.7. The molecule has 0 saturated carbocycles. The normalized spacial score (nSPS) is 26.2. The van der Waals surface area contributed by atoms with Crippen LogP contribution in [0.15, 0.2) is 48.8 Å². The molecule has 1 aliphatic rings. The van der Waals surface area contributed by atoms with Crippen LogP contribution in [0.25, 0.3) is 5.52 Å². The van der Waals surface area contributed by atoms with Gasteiger partial charge in [-0.05, 0) is 56.9 Å². The van der Waals surface area contributed by atoms with Crippen molar-refractivity contribution in [2.45, 2.75) is 83.8 Å². The molecule has 2 aromatic heterocycles. The predicted molar refractivity (Wildman–Crippen MR) is 159 cm³/mol. The van der Waals surface area contributed by atoms with Crippen molar-refractivity contribution in [1.82, 2.24) is 19.7 Å². The molecule has 43 heavy (non-hydrogen) atoms. The van der Waals surface area contributed by atoms with E-state index in [0.29, 0.717) is 17.6 Å². The zero-order chi connectivity index (χ0) is 31.6. The van der Waals surface area contributed by atoms with E-state index in [9.17, 15) is 19.6 Å². The first-order valence-corrected chi connectivity index (χ1v) is 15.8. The minimum atomic E-state index is -4.26. The van der Waals surface area contributed by atoms with Gasteiger partial charge in [-0.25, -0.2) is 14.1 Å². The van der Waals surface area contributed by atoms with Gasteiger partial charge in [-0.3, -0.25) is 9.32 Å². The van der Waals surface area contributed by atoms with Gasteiger partial charge in [-0.15, -0.1) is 0 Å². The lowest BCUT2D eigenvalue weighted by molar-refractivity contribution is -0.146. The fourth-order valence-electron chi connectivity index (χ4n) is 4.84. The van der Waals surface area contributed by atoms with E-state index in [1.165, 1.54) is 24.7 Å². The fraction of sp³-hybridized carbons (Fsp3) is 0.552. The number of fused-ring (bicyclic) bond motifs is 1. The van der Waals surface area contributed by atoms with Gasteiger partial charge in [0.25, 0.3) is 0 Å². The van der Waals surface area contributed by atoms with Gasteiger partial charge in [0, 0.05) is 0 Å². The molecule has 14 heteroatoms. The molecule has 236 valence electrons. The first-order valence-electron chi connectivity index (χ1n) is 14.2. The van der Waals surface area contributed by atoms with Crippen LogP contribution in [0.1, 0.15) is 60.1 Å². The number of ether oxygens (including phenoxy) is 2. The van der Waals surface area contributed by atoms with Crippen LogP contribution in [0, 0.1) is 5.41 Å². The maximum Gasteiger partial charge on any atom is 0.459 e. The van der Waals surface area contributed by atoms with Crippen LogP contribution in [0.2, 0.25) is 0 Å². The summed E-state index contributed by atoms with van der Waals surface area (Å²) in [4.78, 5) is 16.7. The lowest BCUT2D eigenvalue weighted by Crippen LogP contribution is -2.49. The number of aliphatic hydroxyl groups is 2. The van der Waals surface area contributed by atoms with Crippen LogP contribution in [0.4, 0.5) is 5.82 Å². The van der Waals surface area contributed by atoms with Crippen molar-refractivity contribution in [3.8, 4) is 5.75 Å². The maximum atomic E-state index is 14.0. The average Bonchev–Trinajstić information content (AvgIpc) is 3.47. The maximum absolute atomic E-state index is 14.0. The van der Waals surface area contributed by atoms with Gasteiger partial charge < -0.3 is 29.9 Å². The summed E-state index contributed by atoms with van der Waals surface area (Å²) >= 11 is 0. The molecule has 0 spiro atoms. The van der Waals surface area contributed by atoms with Crippen molar-refractivity contribution in [1.29, 1.82) is 0 Å². The number of carbonyl (C=O) groups is 1. The summed E-state index contributed by atoms with van der Waals surface area (Å²) in [6, 6.07) is 10.6. The Kier molecular flexibility index (Phi) is 9.55. The molecular weight excluding hydrogens is 577 g/mol. The number of aromatic nitrogens is 3. The number of nitrogens with two attached hydrogens (primary N) is 1. The van der Waals surface area contributed by atoms with Crippen molar-refractivity contribution in [2.24, 2.45) is 5.41 Å². The van der Waals surface area contributed by atoms with Crippen LogP contribution in [0.5, 0.6) is 5.75 Å². The molecule has 1 unspecified atom stereocenters. The summed E-state index contributed by atoms with van der Waals surface area (Å²) in [5.74, 6) is -0.166. The molecular formula is C29H42N5O8P. The summed E-state index contributed by atoms with van der Waals surface area (Å²) in [6.07, 6.45) is 0.239. The van der Waals surface area contributed by atoms with Crippen LogP contribution < -0.4 is 15.3 Å². The second kappa shape index (κ2) is 12.5. The topological polar surface area (TPSA) is 180 Å². The number of esters is 1. The van der Waals surface area contributed by atoms with E-state index in [0.717, 1.165) is 6.42 Å². The van der Waals surface area contributed by atoms with E-state index >= 15 is 0 Å². The second-order valence-electron chi connectivity index (χ2n) is 12.0. The molecule has 1 aliphatic heterocycles. The van der Waals surface area contributed by atoms with E-state index < -0.39 is 49.8 Å². The molecule has 3 heterocycles. The molecule has 1 saturated heterocycles. The van der Waals surface area contributed by atoms with Crippen molar-refractivity contribution in [2.75, 3.05) is 18.9 Å². The van der Waals surface area contributed by atoms with Crippen molar-refractivity contribution in [3.63, 3.8) is 0 Å². The van der Waals surface area contributed by atoms with Gasteiger partial charge >= 0.3 is 13.7 Å². The van der Waals surface area contributed by atoms with Crippen LogP contribution >= 0.6 is 7.75 Å². The van der Waals surface area contributed by atoms with E-state index in [2.05, 4.69) is 35.9 Å². The zero-order valence-corrected chi connectivity index (χ0v) is 26.3. The SMILES string of the molecule is CCC(C)(C)CCOC(=O)[C@H](C)NP(=O)(OC[C@H]1O[C@@](C)(c2ccc3c(N)ncnn23)[C@H](O)[C@@]1(C)O)Oc1ccccc1. The standard InChI is InChI=1S/C29H42N5O8P/c1-7-27(3,4)15-16-39-25(35)19(2)33-43(38,42-20-11-9-8-10-12-20)40-17-23-28(5,37)26(36)29(6,41-23)22-14-13-21-24(30)31-18-32-34(21)22/h8-14,18-19,23,26,36-37H,7,15-17H2,1-6H3,(H,33,38)(H2,30,31,32)/t19-,23+,26+,28-,29-,43?/m0/s1. The van der Waals surface area contributed by atoms with Crippen molar-refractivity contribution in [3.05, 3.63) is 54.5 Å². The van der Waals surface area contributed by atoms with Gasteiger partial charge in [0.15, 0.2) is 5.82 Å². The first-order chi connectivity index (χ1) is 20.1. The average molecular weight is 620 g/mol. The third-order valence-corrected chi connectivity index (χ3v) is 9.80. The fourth-order valence-corrected chi connectivity index (χ4v) is 6.33. The molecule has 13 nitrogen and oxygen atoms in total. The van der Waals surface area contributed by atoms with E-state index in [4.69, 9.17) is 24.3 Å². The number of rotatable bonds is 13. The van der Waals surface area contributed by atoms with E-state index in [1.807, 2.05) is 0 Å². The van der Waals surface area contributed by atoms with E-state index in [1.54, 1.807) is 49.4 Å². The number of aliphatic hydroxyl groups excluding tert-OH is 1. The first kappa shape index (κ1) is 32.8. The van der Waals surface area contributed by atoms with Gasteiger partial charge in [0.05, 0.1) is 18.9 Å². The smallest absolute Gasteiger partial charge is 0.459 e. The summed E-state index contributed by atoms with van der Waals surface area (Å²) in [7, 11) is -4.26. The van der Waals surface area contributed by atoms with Crippen LogP contribution in [-0.4, -0.2) is 67.8 Å². The summed E-state index contributed by atoms with van der Waals surface area (Å²) in [5, 5.41) is 29.5. The zero-order valence-electron chi connectivity index (χ0n) is 25.4. The molecule has 4 rings (SSSR count). The Labute approximate surface area is 251 Å². The Bertz CT molecular complexity index is 1470. The molecule has 5 N–H and O–H groups in total. The highest BCUT2D eigenvalue weighted by atomic mass is 31.2. The predicted octanol–water partition coefficient (Wildman–Crippen LogP) is 3.59. The van der Waals surface area contributed by atoms with Gasteiger partial charge in [-0.2, -0.15) is 10.2 Å². The Morgan fingerprint density at radius 2 is 1.95 bits per heavy atom. The molecule has 3 aromatic rings. The monoisotopic (exact) mass is 619 g/mol.